The number of aliphatic imine (C=N–C) groups is 1. The lowest BCUT2D eigenvalue weighted by atomic mass is 10.2. The fraction of sp³-hybridized carbons (Fsp3) is 0.696. The molecule has 0 radical (unpaired) electrons. The average Bonchev–Trinajstić information content (AvgIpc) is 2.78. The van der Waals surface area contributed by atoms with Gasteiger partial charge in [-0.15, -0.1) is 0 Å². The van der Waals surface area contributed by atoms with Crippen LogP contribution in [0.5, 0.6) is 0 Å². The van der Waals surface area contributed by atoms with E-state index in [0.717, 1.165) is 71.3 Å². The van der Waals surface area contributed by atoms with Gasteiger partial charge >= 0.3 is 0 Å². The molecule has 7 nitrogen and oxygen atoms in total. The van der Waals surface area contributed by atoms with E-state index in [2.05, 4.69) is 62.7 Å². The Bertz CT molecular complexity index is 562. The molecule has 1 aliphatic rings. The van der Waals surface area contributed by atoms with E-state index in [1.165, 1.54) is 12.0 Å². The van der Waals surface area contributed by atoms with Crippen LogP contribution in [0.3, 0.4) is 0 Å². The van der Waals surface area contributed by atoms with E-state index in [-0.39, 0.29) is 0 Å². The lowest BCUT2D eigenvalue weighted by Gasteiger charge is -2.34. The van der Waals surface area contributed by atoms with Crippen molar-refractivity contribution in [3.8, 4) is 0 Å². The summed E-state index contributed by atoms with van der Waals surface area (Å²) in [6.45, 7) is 13.2. The lowest BCUT2D eigenvalue weighted by molar-refractivity contribution is 0.0487. The number of unbranched alkanes of at least 4 members (excludes halogenated alkanes) is 1. The number of benzene rings is 1. The number of guanidine groups is 1. The Balaban J connectivity index is 1.46. The molecule has 2 N–H and O–H groups in total. The molecule has 30 heavy (non-hydrogen) atoms. The van der Waals surface area contributed by atoms with Crippen molar-refractivity contribution in [1.82, 2.24) is 20.4 Å². The molecular weight excluding hydrogens is 378 g/mol. The molecule has 2 rings (SSSR count). The molecule has 1 fully saturated rings. The Kier molecular flexibility index (Phi) is 13.2. The summed E-state index contributed by atoms with van der Waals surface area (Å²) >= 11 is 0. The third kappa shape index (κ3) is 10.9. The fourth-order valence-electron chi connectivity index (χ4n) is 3.38. The van der Waals surface area contributed by atoms with Gasteiger partial charge in [-0.2, -0.15) is 0 Å². The second-order valence-corrected chi connectivity index (χ2v) is 7.61. The van der Waals surface area contributed by atoms with E-state index in [1.807, 2.05) is 0 Å². The number of piperazine rings is 1. The quantitative estimate of drug-likeness (QED) is 0.272. The number of ether oxygens (including phenoxy) is 2. The van der Waals surface area contributed by atoms with Gasteiger partial charge < -0.3 is 20.1 Å². The maximum absolute atomic E-state index is 5.58. The molecule has 7 heteroatoms. The minimum atomic E-state index is 0.647. The minimum Gasteiger partial charge on any atom is -0.379 e. The second kappa shape index (κ2) is 16.1. The van der Waals surface area contributed by atoms with E-state index in [0.29, 0.717) is 19.8 Å². The minimum absolute atomic E-state index is 0.647. The van der Waals surface area contributed by atoms with Crippen LogP contribution in [0.4, 0.5) is 0 Å². The average molecular weight is 420 g/mol. The van der Waals surface area contributed by atoms with Crippen LogP contribution in [-0.4, -0.2) is 95.0 Å². The van der Waals surface area contributed by atoms with Crippen molar-refractivity contribution >= 4 is 5.96 Å². The molecule has 0 spiro atoms. The van der Waals surface area contributed by atoms with Gasteiger partial charge in [-0.25, -0.2) is 0 Å². The van der Waals surface area contributed by atoms with E-state index in [9.17, 15) is 0 Å². The number of nitrogens with zero attached hydrogens (tertiary/aromatic N) is 3. The number of nitrogens with one attached hydrogen (secondary N) is 2. The monoisotopic (exact) mass is 419 g/mol. The Hall–Kier alpha value is -1.67. The van der Waals surface area contributed by atoms with Crippen molar-refractivity contribution in [1.29, 1.82) is 0 Å². The highest BCUT2D eigenvalue weighted by molar-refractivity contribution is 5.79. The summed E-state index contributed by atoms with van der Waals surface area (Å²) < 4.78 is 11.1. The van der Waals surface area contributed by atoms with Gasteiger partial charge in [-0.1, -0.05) is 43.7 Å². The summed E-state index contributed by atoms with van der Waals surface area (Å²) in [7, 11) is 1.81. The van der Waals surface area contributed by atoms with E-state index >= 15 is 0 Å². The molecular formula is C23H41N5O2. The molecule has 1 aliphatic heterocycles. The predicted molar refractivity (Wildman–Crippen MR) is 124 cm³/mol. The topological polar surface area (TPSA) is 61.4 Å². The Labute approximate surface area is 182 Å². The Morgan fingerprint density at radius 2 is 1.57 bits per heavy atom. The summed E-state index contributed by atoms with van der Waals surface area (Å²) in [6.07, 6.45) is 2.29. The van der Waals surface area contributed by atoms with Gasteiger partial charge in [0.25, 0.3) is 0 Å². The van der Waals surface area contributed by atoms with Crippen molar-refractivity contribution in [2.45, 2.75) is 26.3 Å². The van der Waals surface area contributed by atoms with E-state index in [1.54, 1.807) is 7.05 Å². The van der Waals surface area contributed by atoms with E-state index < -0.39 is 0 Å². The molecule has 1 heterocycles. The van der Waals surface area contributed by atoms with Crippen LogP contribution in [0.2, 0.25) is 0 Å². The second-order valence-electron chi connectivity index (χ2n) is 7.61. The SMILES string of the molecule is CCCCOCCOCCNC(=NC)NCCN1CCN(Cc2ccccc2)CC1. The lowest BCUT2D eigenvalue weighted by Crippen LogP contribution is -2.49. The molecule has 0 saturated carbocycles. The number of rotatable bonds is 14. The first-order valence-electron chi connectivity index (χ1n) is 11.4. The maximum atomic E-state index is 5.58. The molecule has 170 valence electrons. The van der Waals surface area contributed by atoms with Gasteiger partial charge in [0.1, 0.15) is 0 Å². The van der Waals surface area contributed by atoms with Gasteiger partial charge in [-0.3, -0.25) is 14.8 Å². The van der Waals surface area contributed by atoms with Crippen molar-refractivity contribution in [2.24, 2.45) is 4.99 Å². The van der Waals surface area contributed by atoms with Crippen molar-refractivity contribution in [3.05, 3.63) is 35.9 Å². The molecule has 0 atom stereocenters. The Morgan fingerprint density at radius 3 is 2.27 bits per heavy atom. The standard InChI is InChI=1S/C23H41N5O2/c1-3-4-17-29-19-20-30-18-11-26-23(24-2)25-10-12-27-13-15-28(16-14-27)21-22-8-6-5-7-9-22/h5-9H,3-4,10-21H2,1-2H3,(H2,24,25,26). The first kappa shape index (κ1) is 24.6. The number of hydrogen-bond acceptors (Lipinski definition) is 5. The smallest absolute Gasteiger partial charge is 0.191 e. The largest absolute Gasteiger partial charge is 0.379 e. The third-order valence-electron chi connectivity index (χ3n) is 5.21. The molecule has 1 saturated heterocycles. The third-order valence-corrected chi connectivity index (χ3v) is 5.21. The normalized spacial score (nSPS) is 16.0. The molecule has 0 amide bonds. The fourth-order valence-corrected chi connectivity index (χ4v) is 3.38. The Morgan fingerprint density at radius 1 is 0.900 bits per heavy atom. The zero-order valence-corrected chi connectivity index (χ0v) is 18.9. The van der Waals surface area contributed by atoms with Gasteiger partial charge in [0.05, 0.1) is 19.8 Å². The van der Waals surface area contributed by atoms with Crippen molar-refractivity contribution < 1.29 is 9.47 Å². The van der Waals surface area contributed by atoms with Crippen molar-refractivity contribution in [3.63, 3.8) is 0 Å². The molecule has 0 aromatic heterocycles. The van der Waals surface area contributed by atoms with Crippen LogP contribution in [0, 0.1) is 0 Å². The van der Waals surface area contributed by atoms with Gasteiger partial charge in [0.15, 0.2) is 5.96 Å². The highest BCUT2D eigenvalue weighted by Crippen LogP contribution is 2.07. The van der Waals surface area contributed by atoms with Crippen molar-refractivity contribution in [2.75, 3.05) is 79.3 Å². The predicted octanol–water partition coefficient (Wildman–Crippen LogP) is 1.80. The molecule has 0 aliphatic carbocycles. The molecule has 0 unspecified atom stereocenters. The summed E-state index contributed by atoms with van der Waals surface area (Å²) in [5.74, 6) is 0.834. The zero-order chi connectivity index (χ0) is 21.3. The van der Waals surface area contributed by atoms with E-state index in [4.69, 9.17) is 9.47 Å². The highest BCUT2D eigenvalue weighted by Gasteiger charge is 2.16. The van der Waals surface area contributed by atoms with Gasteiger partial charge in [-0.05, 0) is 12.0 Å². The van der Waals surface area contributed by atoms with Crippen LogP contribution in [0.1, 0.15) is 25.3 Å². The van der Waals surface area contributed by atoms with Crippen LogP contribution in [0.15, 0.2) is 35.3 Å². The zero-order valence-electron chi connectivity index (χ0n) is 18.9. The van der Waals surface area contributed by atoms with Gasteiger partial charge in [0.2, 0.25) is 0 Å². The first-order valence-corrected chi connectivity index (χ1v) is 11.4. The summed E-state index contributed by atoms with van der Waals surface area (Å²) in [4.78, 5) is 9.34. The first-order chi connectivity index (χ1) is 14.8. The number of hydrogen-bond donors (Lipinski definition) is 2. The van der Waals surface area contributed by atoms with Gasteiger partial charge in [0, 0.05) is 66.0 Å². The summed E-state index contributed by atoms with van der Waals surface area (Å²) in [6, 6.07) is 10.7. The van der Waals surface area contributed by atoms with Crippen LogP contribution in [0.25, 0.3) is 0 Å². The molecule has 1 aromatic rings. The summed E-state index contributed by atoms with van der Waals surface area (Å²) in [5, 5.41) is 6.70. The van der Waals surface area contributed by atoms with Crippen LogP contribution < -0.4 is 10.6 Å². The summed E-state index contributed by atoms with van der Waals surface area (Å²) in [5.41, 5.74) is 1.40. The van der Waals surface area contributed by atoms with Crippen LogP contribution in [-0.2, 0) is 16.0 Å². The highest BCUT2D eigenvalue weighted by atomic mass is 16.5. The maximum Gasteiger partial charge on any atom is 0.191 e. The molecule has 1 aromatic carbocycles. The van der Waals surface area contributed by atoms with Crippen LogP contribution >= 0.6 is 0 Å². The molecule has 0 bridgehead atoms.